The third-order valence-electron chi connectivity index (χ3n) is 3.53. The second-order valence-corrected chi connectivity index (χ2v) is 5.85. The highest BCUT2D eigenvalue weighted by molar-refractivity contribution is 6.37. The van der Waals surface area contributed by atoms with Crippen LogP contribution in [0, 0.1) is 13.8 Å². The summed E-state index contributed by atoms with van der Waals surface area (Å²) in [6.07, 6.45) is 1.84. The van der Waals surface area contributed by atoms with Crippen LogP contribution in [0.1, 0.15) is 21.7 Å². The molecule has 0 saturated carbocycles. The van der Waals surface area contributed by atoms with E-state index >= 15 is 0 Å². The number of anilines is 1. The fourth-order valence-electron chi connectivity index (χ4n) is 2.23. The van der Waals surface area contributed by atoms with E-state index in [0.717, 1.165) is 17.0 Å². The van der Waals surface area contributed by atoms with Gasteiger partial charge in [0, 0.05) is 16.9 Å². The van der Waals surface area contributed by atoms with Gasteiger partial charge < -0.3 is 9.72 Å². The van der Waals surface area contributed by atoms with E-state index in [-0.39, 0.29) is 5.91 Å². The van der Waals surface area contributed by atoms with Crippen molar-refractivity contribution in [1.29, 1.82) is 0 Å². The number of hydrogen-bond acceptors (Lipinski definition) is 2. The lowest BCUT2D eigenvalue weighted by atomic mass is 10.2. The molecule has 0 saturated heterocycles. The molecule has 2 aromatic heterocycles. The van der Waals surface area contributed by atoms with Crippen LogP contribution in [0.4, 0.5) is 5.69 Å². The number of rotatable bonds is 2. The van der Waals surface area contributed by atoms with Gasteiger partial charge in [-0.05, 0) is 44.2 Å². The van der Waals surface area contributed by atoms with Crippen molar-refractivity contribution in [1.82, 2.24) is 9.38 Å². The molecule has 0 bridgehead atoms. The number of pyridine rings is 1. The molecule has 0 unspecified atom stereocenters. The van der Waals surface area contributed by atoms with E-state index < -0.39 is 0 Å². The zero-order chi connectivity index (χ0) is 15.9. The number of aryl methyl sites for hydroxylation is 2. The van der Waals surface area contributed by atoms with Crippen LogP contribution < -0.4 is 5.32 Å². The van der Waals surface area contributed by atoms with E-state index in [0.29, 0.717) is 21.3 Å². The molecule has 1 aromatic carbocycles. The minimum atomic E-state index is -0.282. The lowest BCUT2D eigenvalue weighted by molar-refractivity contribution is 0.102. The van der Waals surface area contributed by atoms with E-state index in [4.69, 9.17) is 23.2 Å². The van der Waals surface area contributed by atoms with Gasteiger partial charge in [0.25, 0.3) is 5.91 Å². The topological polar surface area (TPSA) is 46.4 Å². The van der Waals surface area contributed by atoms with Crippen molar-refractivity contribution in [2.24, 2.45) is 0 Å². The quantitative estimate of drug-likeness (QED) is 0.749. The molecule has 22 heavy (non-hydrogen) atoms. The number of amides is 1. The minimum Gasteiger partial charge on any atom is -0.321 e. The Hall–Kier alpha value is -2.04. The van der Waals surface area contributed by atoms with Gasteiger partial charge in [-0.3, -0.25) is 4.79 Å². The van der Waals surface area contributed by atoms with Crippen molar-refractivity contribution in [3.05, 3.63) is 63.5 Å². The maximum atomic E-state index is 12.3. The van der Waals surface area contributed by atoms with E-state index in [1.54, 1.807) is 18.2 Å². The zero-order valence-corrected chi connectivity index (χ0v) is 13.5. The summed E-state index contributed by atoms with van der Waals surface area (Å²) in [6, 6.07) is 8.45. The Morgan fingerprint density at radius 3 is 2.68 bits per heavy atom. The lowest BCUT2D eigenvalue weighted by Crippen LogP contribution is -2.13. The van der Waals surface area contributed by atoms with E-state index in [1.165, 1.54) is 0 Å². The van der Waals surface area contributed by atoms with Gasteiger partial charge >= 0.3 is 0 Å². The predicted molar refractivity (Wildman–Crippen MR) is 89.1 cm³/mol. The monoisotopic (exact) mass is 333 g/mol. The predicted octanol–water partition coefficient (Wildman–Crippen LogP) is 4.51. The Balaban J connectivity index is 1.92. The van der Waals surface area contributed by atoms with E-state index in [9.17, 15) is 4.79 Å². The van der Waals surface area contributed by atoms with Crippen molar-refractivity contribution < 1.29 is 4.79 Å². The summed E-state index contributed by atoms with van der Waals surface area (Å²) in [4.78, 5) is 16.7. The summed E-state index contributed by atoms with van der Waals surface area (Å²) >= 11 is 11.9. The number of nitrogens with zero attached hydrogens (tertiary/aromatic N) is 2. The SMILES string of the molecule is Cc1nc2ccc(NC(=O)c3ccc(Cl)cc3Cl)cn2c1C. The number of carbonyl (C=O) groups excluding carboxylic acids is 1. The highest BCUT2D eigenvalue weighted by Crippen LogP contribution is 2.22. The van der Waals surface area contributed by atoms with E-state index in [2.05, 4.69) is 10.3 Å². The molecule has 0 spiro atoms. The van der Waals surface area contributed by atoms with Gasteiger partial charge in [-0.2, -0.15) is 0 Å². The van der Waals surface area contributed by atoms with Crippen molar-refractivity contribution in [3.8, 4) is 0 Å². The Kier molecular flexibility index (Phi) is 3.81. The summed E-state index contributed by atoms with van der Waals surface area (Å²) in [5.74, 6) is -0.282. The van der Waals surface area contributed by atoms with Gasteiger partial charge in [-0.25, -0.2) is 4.98 Å². The van der Waals surface area contributed by atoms with Gasteiger partial charge in [-0.15, -0.1) is 0 Å². The molecule has 3 rings (SSSR count). The molecular formula is C16H13Cl2N3O. The van der Waals surface area contributed by atoms with Crippen LogP contribution in [-0.2, 0) is 0 Å². The average Bonchev–Trinajstić information content (AvgIpc) is 2.74. The van der Waals surface area contributed by atoms with Gasteiger partial charge in [0.05, 0.1) is 22.0 Å². The minimum absolute atomic E-state index is 0.282. The van der Waals surface area contributed by atoms with Crippen LogP contribution in [0.2, 0.25) is 10.0 Å². The molecule has 0 aliphatic rings. The summed E-state index contributed by atoms with van der Waals surface area (Å²) in [7, 11) is 0. The third kappa shape index (κ3) is 2.67. The van der Waals surface area contributed by atoms with Crippen molar-refractivity contribution >= 4 is 40.4 Å². The maximum Gasteiger partial charge on any atom is 0.257 e. The van der Waals surface area contributed by atoms with Crippen molar-refractivity contribution in [3.63, 3.8) is 0 Å². The molecule has 0 aliphatic heterocycles. The fourth-order valence-corrected chi connectivity index (χ4v) is 2.72. The van der Waals surface area contributed by atoms with Gasteiger partial charge in [0.15, 0.2) is 0 Å². The molecular weight excluding hydrogens is 321 g/mol. The molecule has 1 N–H and O–H groups in total. The molecule has 0 fully saturated rings. The first kappa shape index (κ1) is 14.9. The second-order valence-electron chi connectivity index (χ2n) is 5.01. The number of benzene rings is 1. The number of fused-ring (bicyclic) bond motifs is 1. The smallest absolute Gasteiger partial charge is 0.257 e. The first-order chi connectivity index (χ1) is 10.5. The summed E-state index contributed by atoms with van der Waals surface area (Å²) < 4.78 is 1.94. The fraction of sp³-hybridized carbons (Fsp3) is 0.125. The van der Waals surface area contributed by atoms with E-state index in [1.807, 2.05) is 36.6 Å². The van der Waals surface area contributed by atoms with Gasteiger partial charge in [0.1, 0.15) is 5.65 Å². The molecule has 0 atom stereocenters. The molecule has 112 valence electrons. The lowest BCUT2D eigenvalue weighted by Gasteiger charge is -2.08. The van der Waals surface area contributed by atoms with Gasteiger partial charge in [-0.1, -0.05) is 23.2 Å². The summed E-state index contributed by atoms with van der Waals surface area (Å²) in [6.45, 7) is 3.94. The molecule has 6 heteroatoms. The highest BCUT2D eigenvalue weighted by atomic mass is 35.5. The largest absolute Gasteiger partial charge is 0.321 e. The highest BCUT2D eigenvalue weighted by Gasteiger charge is 2.12. The Labute approximate surface area is 137 Å². The molecule has 4 nitrogen and oxygen atoms in total. The zero-order valence-electron chi connectivity index (χ0n) is 12.0. The number of nitrogens with one attached hydrogen (secondary N) is 1. The molecule has 1 amide bonds. The van der Waals surface area contributed by atoms with Crippen LogP contribution >= 0.6 is 23.2 Å². The van der Waals surface area contributed by atoms with Crippen LogP contribution in [0.25, 0.3) is 5.65 Å². The number of carbonyl (C=O) groups is 1. The first-order valence-electron chi connectivity index (χ1n) is 6.67. The maximum absolute atomic E-state index is 12.3. The Morgan fingerprint density at radius 2 is 1.95 bits per heavy atom. The van der Waals surface area contributed by atoms with Crippen LogP contribution in [0.3, 0.4) is 0 Å². The molecule has 3 aromatic rings. The van der Waals surface area contributed by atoms with Crippen LogP contribution in [0.15, 0.2) is 36.5 Å². The third-order valence-corrected chi connectivity index (χ3v) is 4.08. The normalized spacial score (nSPS) is 10.9. The van der Waals surface area contributed by atoms with Crippen LogP contribution in [-0.4, -0.2) is 15.3 Å². The number of imidazole rings is 1. The summed E-state index contributed by atoms with van der Waals surface area (Å²) in [5.41, 5.74) is 3.89. The Bertz CT molecular complexity index is 886. The van der Waals surface area contributed by atoms with Gasteiger partial charge in [0.2, 0.25) is 0 Å². The number of hydrogen-bond donors (Lipinski definition) is 1. The van der Waals surface area contributed by atoms with Crippen molar-refractivity contribution in [2.45, 2.75) is 13.8 Å². The number of aromatic nitrogens is 2. The standard InChI is InChI=1S/C16H13Cl2N3O/c1-9-10(2)21-8-12(4-6-15(21)19-9)20-16(22)13-5-3-11(17)7-14(13)18/h3-8H,1-2H3,(H,20,22). The number of halogens is 2. The Morgan fingerprint density at radius 1 is 1.18 bits per heavy atom. The molecule has 0 radical (unpaired) electrons. The van der Waals surface area contributed by atoms with Crippen LogP contribution in [0.5, 0.6) is 0 Å². The van der Waals surface area contributed by atoms with Crippen molar-refractivity contribution in [2.75, 3.05) is 5.32 Å². The average molecular weight is 334 g/mol. The molecule has 2 heterocycles. The summed E-state index contributed by atoms with van der Waals surface area (Å²) in [5, 5.41) is 3.65. The first-order valence-corrected chi connectivity index (χ1v) is 7.43. The second kappa shape index (κ2) is 5.63. The molecule has 0 aliphatic carbocycles.